The molecule has 0 radical (unpaired) electrons. The van der Waals surface area contributed by atoms with Crippen LogP contribution in [0.5, 0.6) is 11.5 Å². The van der Waals surface area contributed by atoms with Crippen LogP contribution in [0.25, 0.3) is 0 Å². The number of nitro groups is 1. The quantitative estimate of drug-likeness (QED) is 0.582. The maximum atomic E-state index is 12.9. The number of nitrogens with one attached hydrogen (secondary N) is 1. The van der Waals surface area contributed by atoms with Crippen LogP contribution in [0, 0.1) is 23.0 Å². The van der Waals surface area contributed by atoms with Crippen LogP contribution < -0.4 is 14.2 Å². The summed E-state index contributed by atoms with van der Waals surface area (Å²) in [5.74, 6) is 1.12. The molecule has 0 bridgehead atoms. The number of benzene rings is 2. The summed E-state index contributed by atoms with van der Waals surface area (Å²) in [6.07, 6.45) is 0. The zero-order chi connectivity index (χ0) is 20.5. The van der Waals surface area contributed by atoms with Gasteiger partial charge in [0.2, 0.25) is 10.0 Å². The Kier molecular flexibility index (Phi) is 5.57. The molecule has 1 atom stereocenters. The second kappa shape index (κ2) is 7.76. The van der Waals surface area contributed by atoms with Gasteiger partial charge < -0.3 is 9.47 Å². The molecule has 28 heavy (non-hydrogen) atoms. The third-order valence-corrected chi connectivity index (χ3v) is 6.00. The summed E-state index contributed by atoms with van der Waals surface area (Å²) in [4.78, 5) is 10.4. The molecule has 8 nitrogen and oxygen atoms in total. The summed E-state index contributed by atoms with van der Waals surface area (Å²) in [5.41, 5.74) is 0.893. The molecule has 0 saturated carbocycles. The third-order valence-electron chi connectivity index (χ3n) is 4.56. The lowest BCUT2D eigenvalue weighted by Crippen LogP contribution is -2.32. The van der Waals surface area contributed by atoms with Crippen molar-refractivity contribution in [1.82, 2.24) is 4.72 Å². The summed E-state index contributed by atoms with van der Waals surface area (Å²) < 4.78 is 39.6. The average molecular weight is 406 g/mol. The molecule has 0 unspecified atom stereocenters. The van der Waals surface area contributed by atoms with Crippen molar-refractivity contribution in [3.8, 4) is 11.5 Å². The van der Waals surface area contributed by atoms with Gasteiger partial charge in [0, 0.05) is 17.7 Å². The molecule has 1 aliphatic heterocycles. The molecule has 1 N–H and O–H groups in total. The zero-order valence-electron chi connectivity index (χ0n) is 15.8. The van der Waals surface area contributed by atoms with Crippen molar-refractivity contribution >= 4 is 15.7 Å². The molecule has 0 amide bonds. The van der Waals surface area contributed by atoms with Crippen LogP contribution in [0.15, 0.2) is 41.3 Å². The molecule has 9 heteroatoms. The Morgan fingerprint density at radius 2 is 1.75 bits per heavy atom. The molecule has 150 valence electrons. The minimum Gasteiger partial charge on any atom is -0.486 e. The Bertz CT molecular complexity index is 1000. The zero-order valence-corrected chi connectivity index (χ0v) is 16.7. The van der Waals surface area contributed by atoms with E-state index in [1.54, 1.807) is 25.1 Å². The second-order valence-corrected chi connectivity index (χ2v) is 8.67. The average Bonchev–Trinajstić information content (AvgIpc) is 2.65. The van der Waals surface area contributed by atoms with Crippen molar-refractivity contribution < 1.29 is 22.8 Å². The predicted molar refractivity (Wildman–Crippen MR) is 103 cm³/mol. The first-order valence-electron chi connectivity index (χ1n) is 8.86. The van der Waals surface area contributed by atoms with Crippen molar-refractivity contribution in [3.05, 3.63) is 57.6 Å². The fraction of sp³-hybridized carbons (Fsp3) is 0.368. The molecule has 0 aromatic heterocycles. The third kappa shape index (κ3) is 4.10. The lowest BCUT2D eigenvalue weighted by Gasteiger charge is -2.25. The monoisotopic (exact) mass is 406 g/mol. The normalized spacial score (nSPS) is 14.7. The molecule has 0 aliphatic carbocycles. The van der Waals surface area contributed by atoms with Gasteiger partial charge in [-0.25, -0.2) is 13.1 Å². The van der Waals surface area contributed by atoms with Gasteiger partial charge in [0.05, 0.1) is 9.82 Å². The Morgan fingerprint density at radius 1 is 1.07 bits per heavy atom. The predicted octanol–water partition coefficient (Wildman–Crippen LogP) is 3.35. The van der Waals surface area contributed by atoms with E-state index in [-0.39, 0.29) is 16.5 Å². The van der Waals surface area contributed by atoms with E-state index < -0.39 is 21.0 Å². The first kappa shape index (κ1) is 20.1. The number of hydrogen-bond acceptors (Lipinski definition) is 6. The van der Waals surface area contributed by atoms with E-state index in [2.05, 4.69) is 4.72 Å². The Hall–Kier alpha value is -2.65. The topological polar surface area (TPSA) is 108 Å². The maximum absolute atomic E-state index is 12.9. The van der Waals surface area contributed by atoms with Gasteiger partial charge in [-0.15, -0.1) is 0 Å². The SMILES string of the molecule is Cc1ccc(S(=O)(=O)N[C@@H](c2ccc3c(c2)OCCO3)C(C)C)cc1[N+](=O)[O-]. The molecule has 3 rings (SSSR count). The highest BCUT2D eigenvalue weighted by atomic mass is 32.2. The molecular weight excluding hydrogens is 384 g/mol. The van der Waals surface area contributed by atoms with E-state index in [1.165, 1.54) is 12.1 Å². The van der Waals surface area contributed by atoms with Crippen LogP contribution in [0.3, 0.4) is 0 Å². The number of nitro benzene ring substituents is 1. The molecule has 1 heterocycles. The number of nitrogens with zero attached hydrogens (tertiary/aromatic N) is 1. The molecule has 2 aromatic rings. The summed E-state index contributed by atoms with van der Waals surface area (Å²) in [6.45, 7) is 6.25. The Balaban J connectivity index is 1.94. The van der Waals surface area contributed by atoms with Crippen molar-refractivity contribution in [1.29, 1.82) is 0 Å². The standard InChI is InChI=1S/C19H22N2O6S/c1-12(2)19(14-5-7-17-18(10-14)27-9-8-26-17)20-28(24,25)15-6-4-13(3)16(11-15)21(22)23/h4-7,10-12,19-20H,8-9H2,1-3H3/t19-/m1/s1. The second-order valence-electron chi connectivity index (χ2n) is 6.95. The van der Waals surface area contributed by atoms with Gasteiger partial charge in [-0.3, -0.25) is 10.1 Å². The van der Waals surface area contributed by atoms with Crippen LogP contribution in [0.2, 0.25) is 0 Å². The molecule has 2 aromatic carbocycles. The number of rotatable bonds is 6. The number of aryl methyl sites for hydroxylation is 1. The van der Waals surface area contributed by atoms with E-state index in [0.717, 1.165) is 11.6 Å². The molecule has 0 saturated heterocycles. The Morgan fingerprint density at radius 3 is 2.39 bits per heavy atom. The van der Waals surface area contributed by atoms with Gasteiger partial charge in [-0.05, 0) is 36.6 Å². The van der Waals surface area contributed by atoms with E-state index in [1.807, 2.05) is 13.8 Å². The van der Waals surface area contributed by atoms with Crippen molar-refractivity contribution in [2.75, 3.05) is 13.2 Å². The number of fused-ring (bicyclic) bond motifs is 1. The van der Waals surface area contributed by atoms with Gasteiger partial charge in [0.25, 0.3) is 5.69 Å². The van der Waals surface area contributed by atoms with Gasteiger partial charge >= 0.3 is 0 Å². The summed E-state index contributed by atoms with van der Waals surface area (Å²) >= 11 is 0. The first-order valence-corrected chi connectivity index (χ1v) is 10.3. The smallest absolute Gasteiger partial charge is 0.273 e. The minimum absolute atomic E-state index is 0.0715. The molecule has 0 spiro atoms. The summed E-state index contributed by atoms with van der Waals surface area (Å²) in [5, 5.41) is 11.2. The highest BCUT2D eigenvalue weighted by Crippen LogP contribution is 2.35. The van der Waals surface area contributed by atoms with Crippen LogP contribution >= 0.6 is 0 Å². The van der Waals surface area contributed by atoms with Gasteiger partial charge in [-0.1, -0.05) is 26.0 Å². The number of ether oxygens (including phenoxy) is 2. The lowest BCUT2D eigenvalue weighted by molar-refractivity contribution is -0.385. The molecule has 1 aliphatic rings. The highest BCUT2D eigenvalue weighted by molar-refractivity contribution is 7.89. The minimum atomic E-state index is -3.97. The van der Waals surface area contributed by atoms with Crippen LogP contribution in [0.4, 0.5) is 5.69 Å². The van der Waals surface area contributed by atoms with Gasteiger partial charge in [0.1, 0.15) is 13.2 Å². The van der Waals surface area contributed by atoms with E-state index in [0.29, 0.717) is 30.3 Å². The van der Waals surface area contributed by atoms with Gasteiger partial charge in [0.15, 0.2) is 11.5 Å². The van der Waals surface area contributed by atoms with Crippen LogP contribution in [-0.2, 0) is 10.0 Å². The Labute approximate surface area is 163 Å². The van der Waals surface area contributed by atoms with E-state index in [4.69, 9.17) is 9.47 Å². The van der Waals surface area contributed by atoms with Crippen molar-refractivity contribution in [2.45, 2.75) is 31.7 Å². The van der Waals surface area contributed by atoms with Crippen LogP contribution in [0.1, 0.15) is 31.0 Å². The molecule has 0 fully saturated rings. The highest BCUT2D eigenvalue weighted by Gasteiger charge is 2.27. The maximum Gasteiger partial charge on any atom is 0.273 e. The lowest BCUT2D eigenvalue weighted by atomic mass is 9.97. The fourth-order valence-corrected chi connectivity index (χ4v) is 4.42. The number of hydrogen-bond donors (Lipinski definition) is 1. The fourth-order valence-electron chi connectivity index (χ4n) is 3.03. The summed E-state index contributed by atoms with van der Waals surface area (Å²) in [7, 11) is -3.97. The number of sulfonamides is 1. The van der Waals surface area contributed by atoms with Crippen molar-refractivity contribution in [2.24, 2.45) is 5.92 Å². The van der Waals surface area contributed by atoms with Crippen molar-refractivity contribution in [3.63, 3.8) is 0 Å². The largest absolute Gasteiger partial charge is 0.486 e. The van der Waals surface area contributed by atoms with E-state index in [9.17, 15) is 18.5 Å². The van der Waals surface area contributed by atoms with Gasteiger partial charge in [-0.2, -0.15) is 0 Å². The molecular formula is C19H22N2O6S. The summed E-state index contributed by atoms with van der Waals surface area (Å²) in [6, 6.07) is 8.65. The van der Waals surface area contributed by atoms with Crippen LogP contribution in [-0.4, -0.2) is 26.6 Å². The van der Waals surface area contributed by atoms with E-state index >= 15 is 0 Å². The first-order chi connectivity index (χ1) is 13.2.